The van der Waals surface area contributed by atoms with E-state index < -0.39 is 0 Å². The highest BCUT2D eigenvalue weighted by molar-refractivity contribution is 7.09. The molecule has 1 atom stereocenters. The van der Waals surface area contributed by atoms with Crippen molar-refractivity contribution in [3.05, 3.63) is 74.0 Å². The van der Waals surface area contributed by atoms with Crippen molar-refractivity contribution in [2.75, 3.05) is 6.61 Å². The maximum absolute atomic E-state index is 11.4. The van der Waals surface area contributed by atoms with Gasteiger partial charge in [-0.3, -0.25) is 19.6 Å². The van der Waals surface area contributed by atoms with Crippen LogP contribution in [0.25, 0.3) is 0 Å². The summed E-state index contributed by atoms with van der Waals surface area (Å²) in [5, 5.41) is 9.67. The summed E-state index contributed by atoms with van der Waals surface area (Å²) >= 11 is 1.01. The van der Waals surface area contributed by atoms with Crippen molar-refractivity contribution in [3.8, 4) is 11.6 Å². The average molecular weight is 429 g/mol. The minimum atomic E-state index is -0.317. The standard InChI is InChI=1S/C22H24N2O5S/c1-3-20(25)29-14(2)16-6-7-17(23-13-16)10-11-28-18-8-4-15(5-9-18)12-19-21(26)24-22(27)30-19/h4-9,13-14,26H,3,10-12H2,1-2H3,(H,24,27). The quantitative estimate of drug-likeness (QED) is 0.503. The summed E-state index contributed by atoms with van der Waals surface area (Å²) in [4.78, 5) is 29.8. The third-order valence-electron chi connectivity index (χ3n) is 4.53. The number of carbonyl (C=O) groups is 1. The summed E-state index contributed by atoms with van der Waals surface area (Å²) in [5.74, 6) is 0.440. The number of aromatic hydroxyl groups is 1. The Hall–Kier alpha value is -3.13. The van der Waals surface area contributed by atoms with Crippen LogP contribution in [0.15, 0.2) is 47.4 Å². The van der Waals surface area contributed by atoms with Gasteiger partial charge in [-0.05, 0) is 30.7 Å². The fraction of sp³-hybridized carbons (Fsp3) is 0.318. The second-order valence-electron chi connectivity index (χ2n) is 6.77. The van der Waals surface area contributed by atoms with Crippen LogP contribution in [-0.2, 0) is 22.4 Å². The first-order chi connectivity index (χ1) is 14.4. The lowest BCUT2D eigenvalue weighted by atomic mass is 10.1. The number of nitrogens with zero attached hydrogens (tertiary/aromatic N) is 1. The molecular weight excluding hydrogens is 404 g/mol. The van der Waals surface area contributed by atoms with Crippen molar-refractivity contribution in [2.24, 2.45) is 0 Å². The molecule has 7 nitrogen and oxygen atoms in total. The van der Waals surface area contributed by atoms with Crippen LogP contribution in [0.3, 0.4) is 0 Å². The Morgan fingerprint density at radius 1 is 1.23 bits per heavy atom. The maximum Gasteiger partial charge on any atom is 0.307 e. The smallest absolute Gasteiger partial charge is 0.307 e. The molecule has 0 amide bonds. The molecule has 30 heavy (non-hydrogen) atoms. The van der Waals surface area contributed by atoms with Crippen molar-refractivity contribution in [2.45, 2.75) is 39.2 Å². The van der Waals surface area contributed by atoms with Gasteiger partial charge >= 0.3 is 10.8 Å². The number of ether oxygens (including phenoxy) is 2. The number of H-pyrrole nitrogens is 1. The molecule has 0 radical (unpaired) electrons. The molecule has 0 aliphatic rings. The van der Waals surface area contributed by atoms with E-state index in [1.54, 1.807) is 13.1 Å². The van der Waals surface area contributed by atoms with Gasteiger partial charge in [-0.15, -0.1) is 0 Å². The van der Waals surface area contributed by atoms with Crippen molar-refractivity contribution < 1.29 is 19.4 Å². The second-order valence-corrected chi connectivity index (χ2v) is 7.84. The van der Waals surface area contributed by atoms with Crippen LogP contribution in [0.1, 0.15) is 48.1 Å². The molecule has 2 heterocycles. The van der Waals surface area contributed by atoms with Gasteiger partial charge in [-0.1, -0.05) is 36.5 Å². The molecule has 3 aromatic rings. The van der Waals surface area contributed by atoms with E-state index in [0.29, 0.717) is 30.7 Å². The Morgan fingerprint density at radius 3 is 2.60 bits per heavy atom. The van der Waals surface area contributed by atoms with E-state index in [0.717, 1.165) is 33.9 Å². The van der Waals surface area contributed by atoms with Crippen molar-refractivity contribution >= 4 is 17.3 Å². The third-order valence-corrected chi connectivity index (χ3v) is 5.40. The number of hydrogen-bond donors (Lipinski definition) is 2. The van der Waals surface area contributed by atoms with Crippen LogP contribution in [0, 0.1) is 0 Å². The van der Waals surface area contributed by atoms with Gasteiger partial charge in [0.1, 0.15) is 11.9 Å². The molecule has 0 fully saturated rings. The van der Waals surface area contributed by atoms with Gasteiger partial charge in [0.05, 0.1) is 11.5 Å². The number of thiazole rings is 1. The number of benzene rings is 1. The number of rotatable bonds is 9. The zero-order valence-corrected chi connectivity index (χ0v) is 17.7. The molecule has 0 aliphatic carbocycles. The lowest BCUT2D eigenvalue weighted by Crippen LogP contribution is -2.08. The molecule has 8 heteroatoms. The van der Waals surface area contributed by atoms with E-state index in [1.165, 1.54) is 0 Å². The van der Waals surface area contributed by atoms with Crippen molar-refractivity contribution in [1.29, 1.82) is 0 Å². The minimum absolute atomic E-state index is 0.0678. The predicted molar refractivity (Wildman–Crippen MR) is 114 cm³/mol. The molecule has 0 saturated heterocycles. The number of hydrogen-bond acceptors (Lipinski definition) is 7. The summed E-state index contributed by atoms with van der Waals surface area (Å²) in [5.41, 5.74) is 2.72. The molecule has 2 aromatic heterocycles. The maximum atomic E-state index is 11.4. The molecule has 2 N–H and O–H groups in total. The number of esters is 1. The molecular formula is C22H24N2O5S. The van der Waals surface area contributed by atoms with Crippen LogP contribution in [-0.4, -0.2) is 27.7 Å². The van der Waals surface area contributed by atoms with E-state index in [1.807, 2.05) is 43.3 Å². The molecule has 1 aromatic carbocycles. The number of aromatic amines is 1. The highest BCUT2D eigenvalue weighted by Crippen LogP contribution is 2.22. The van der Waals surface area contributed by atoms with E-state index in [-0.39, 0.29) is 22.8 Å². The summed E-state index contributed by atoms with van der Waals surface area (Å²) in [6.45, 7) is 4.07. The van der Waals surface area contributed by atoms with Crippen LogP contribution >= 0.6 is 11.3 Å². The normalized spacial score (nSPS) is 11.8. The monoisotopic (exact) mass is 428 g/mol. The average Bonchev–Trinajstić information content (AvgIpc) is 3.06. The Kier molecular flexibility index (Phi) is 7.24. The van der Waals surface area contributed by atoms with E-state index in [2.05, 4.69) is 9.97 Å². The molecule has 0 saturated carbocycles. The summed E-state index contributed by atoms with van der Waals surface area (Å²) < 4.78 is 11.1. The van der Waals surface area contributed by atoms with E-state index >= 15 is 0 Å². The summed E-state index contributed by atoms with van der Waals surface area (Å²) in [7, 11) is 0. The second kappa shape index (κ2) is 10.1. The summed E-state index contributed by atoms with van der Waals surface area (Å²) in [6, 6.07) is 11.4. The molecule has 0 aliphatic heterocycles. The van der Waals surface area contributed by atoms with Crippen molar-refractivity contribution in [1.82, 2.24) is 9.97 Å². The van der Waals surface area contributed by atoms with Gasteiger partial charge in [-0.25, -0.2) is 0 Å². The Morgan fingerprint density at radius 2 is 2.00 bits per heavy atom. The predicted octanol–water partition coefficient (Wildman–Crippen LogP) is 3.76. The van der Waals surface area contributed by atoms with E-state index in [4.69, 9.17) is 9.47 Å². The lowest BCUT2D eigenvalue weighted by molar-refractivity contribution is -0.148. The van der Waals surface area contributed by atoms with E-state index in [9.17, 15) is 14.7 Å². The van der Waals surface area contributed by atoms with Gasteiger partial charge in [0.15, 0.2) is 0 Å². The molecule has 3 rings (SSSR count). The molecule has 0 bridgehead atoms. The zero-order chi connectivity index (χ0) is 21.5. The Bertz CT molecular complexity index is 1020. The molecule has 0 spiro atoms. The number of carbonyl (C=O) groups excluding carboxylic acids is 1. The van der Waals surface area contributed by atoms with Gasteiger partial charge in [0.25, 0.3) is 0 Å². The Balaban J connectivity index is 1.47. The fourth-order valence-electron chi connectivity index (χ4n) is 2.81. The molecule has 158 valence electrons. The first-order valence-corrected chi connectivity index (χ1v) is 10.5. The lowest BCUT2D eigenvalue weighted by Gasteiger charge is -2.13. The fourth-order valence-corrected chi connectivity index (χ4v) is 3.57. The number of aromatic nitrogens is 2. The van der Waals surface area contributed by atoms with Crippen molar-refractivity contribution in [3.63, 3.8) is 0 Å². The first-order valence-electron chi connectivity index (χ1n) is 9.71. The first kappa shape index (κ1) is 21.6. The minimum Gasteiger partial charge on any atom is -0.494 e. The van der Waals surface area contributed by atoms with Gasteiger partial charge < -0.3 is 14.6 Å². The zero-order valence-electron chi connectivity index (χ0n) is 16.9. The largest absolute Gasteiger partial charge is 0.494 e. The van der Waals surface area contributed by atoms with Crippen LogP contribution in [0.2, 0.25) is 0 Å². The molecule has 1 unspecified atom stereocenters. The van der Waals surface area contributed by atoms with Gasteiger partial charge in [0.2, 0.25) is 5.88 Å². The van der Waals surface area contributed by atoms with Crippen LogP contribution in [0.4, 0.5) is 0 Å². The van der Waals surface area contributed by atoms with Crippen LogP contribution in [0.5, 0.6) is 11.6 Å². The Labute approximate surface area is 178 Å². The highest BCUT2D eigenvalue weighted by atomic mass is 32.1. The SMILES string of the molecule is CCC(=O)OC(C)c1ccc(CCOc2ccc(Cc3sc(=O)[nH]c3O)cc2)nc1. The van der Waals surface area contributed by atoms with Gasteiger partial charge in [0, 0.05) is 36.7 Å². The van der Waals surface area contributed by atoms with Gasteiger partial charge in [-0.2, -0.15) is 0 Å². The highest BCUT2D eigenvalue weighted by Gasteiger charge is 2.11. The number of pyridine rings is 1. The number of nitrogens with one attached hydrogen (secondary N) is 1. The summed E-state index contributed by atoms with van der Waals surface area (Å²) in [6.07, 6.45) is 2.89. The van der Waals surface area contributed by atoms with Crippen LogP contribution < -0.4 is 9.61 Å². The topological polar surface area (TPSA) is 102 Å². The third kappa shape index (κ3) is 5.93.